The number of carbonyl (C=O) groups is 1. The first-order chi connectivity index (χ1) is 9.27. The zero-order chi connectivity index (χ0) is 15.3. The fourth-order valence-electron chi connectivity index (χ4n) is 1.81. The van der Waals surface area contributed by atoms with Crippen LogP contribution >= 0.6 is 11.6 Å². The van der Waals surface area contributed by atoms with Gasteiger partial charge in [0.2, 0.25) is 0 Å². The molecule has 1 aromatic rings. The third-order valence-electron chi connectivity index (χ3n) is 2.91. The summed E-state index contributed by atoms with van der Waals surface area (Å²) in [4.78, 5) is 11.6. The molecule has 1 atom stereocenters. The number of nitrogens with two attached hydrogens (primary N) is 1. The van der Waals surface area contributed by atoms with Crippen LogP contribution in [-0.4, -0.2) is 25.7 Å². The summed E-state index contributed by atoms with van der Waals surface area (Å²) in [5.74, 6) is 0.266. The quantitative estimate of drug-likeness (QED) is 0.821. The average molecular weight is 300 g/mol. The van der Waals surface area contributed by atoms with Gasteiger partial charge in [0, 0.05) is 6.04 Å². The lowest BCUT2D eigenvalue weighted by Gasteiger charge is -2.23. The Kier molecular flexibility index (Phi) is 5.84. The van der Waals surface area contributed by atoms with E-state index >= 15 is 0 Å². The first kappa shape index (κ1) is 16.8. The number of esters is 1. The number of carbonyl (C=O) groups excluding carboxylic acids is 1. The molecule has 0 aliphatic carbocycles. The average Bonchev–Trinajstić information content (AvgIpc) is 2.36. The Morgan fingerprint density at radius 2 is 2.10 bits per heavy atom. The second-order valence-corrected chi connectivity index (χ2v) is 5.98. The SMILES string of the molecule is COC(=O)C(C)(C)COc1c(Cl)cccc1CC(C)N. The Labute approximate surface area is 125 Å². The first-order valence-electron chi connectivity index (χ1n) is 6.52. The molecule has 20 heavy (non-hydrogen) atoms. The maximum absolute atomic E-state index is 11.6. The minimum absolute atomic E-state index is 0.00411. The highest BCUT2D eigenvalue weighted by Crippen LogP contribution is 2.31. The standard InChI is InChI=1S/C15H22ClNO3/c1-10(17)8-11-6-5-7-12(16)13(11)20-9-15(2,3)14(18)19-4/h5-7,10H,8-9,17H2,1-4H3. The number of methoxy groups -OCH3 is 1. The van der Waals surface area contributed by atoms with E-state index in [1.165, 1.54) is 7.11 Å². The molecule has 2 N–H and O–H groups in total. The molecular weight excluding hydrogens is 278 g/mol. The van der Waals surface area contributed by atoms with Gasteiger partial charge < -0.3 is 15.2 Å². The van der Waals surface area contributed by atoms with Crippen molar-refractivity contribution in [2.45, 2.75) is 33.2 Å². The van der Waals surface area contributed by atoms with E-state index < -0.39 is 5.41 Å². The van der Waals surface area contributed by atoms with Gasteiger partial charge in [-0.2, -0.15) is 0 Å². The smallest absolute Gasteiger partial charge is 0.314 e. The molecule has 0 aliphatic rings. The van der Waals surface area contributed by atoms with E-state index in [2.05, 4.69) is 0 Å². The molecular formula is C15H22ClNO3. The topological polar surface area (TPSA) is 61.5 Å². The van der Waals surface area contributed by atoms with Crippen LogP contribution in [0.3, 0.4) is 0 Å². The molecule has 0 aromatic heterocycles. The Hall–Kier alpha value is -1.26. The van der Waals surface area contributed by atoms with Gasteiger partial charge in [-0.3, -0.25) is 4.79 Å². The Morgan fingerprint density at radius 3 is 2.65 bits per heavy atom. The summed E-state index contributed by atoms with van der Waals surface area (Å²) >= 11 is 6.17. The predicted molar refractivity (Wildman–Crippen MR) is 80.1 cm³/mol. The van der Waals surface area contributed by atoms with E-state index in [-0.39, 0.29) is 18.6 Å². The summed E-state index contributed by atoms with van der Waals surface area (Å²) in [5, 5.41) is 0.517. The van der Waals surface area contributed by atoms with Crippen molar-refractivity contribution in [1.29, 1.82) is 0 Å². The lowest BCUT2D eigenvalue weighted by Crippen LogP contribution is -2.32. The summed E-state index contributed by atoms with van der Waals surface area (Å²) in [6.07, 6.45) is 0.661. The van der Waals surface area contributed by atoms with Crippen LogP contribution in [-0.2, 0) is 16.0 Å². The summed E-state index contributed by atoms with van der Waals surface area (Å²) < 4.78 is 10.5. The number of hydrogen-bond acceptors (Lipinski definition) is 4. The molecule has 5 heteroatoms. The molecule has 0 bridgehead atoms. The maximum Gasteiger partial charge on any atom is 0.314 e. The molecule has 0 aliphatic heterocycles. The van der Waals surface area contributed by atoms with E-state index in [0.717, 1.165) is 5.56 Å². The van der Waals surface area contributed by atoms with Gasteiger partial charge in [0.1, 0.15) is 12.4 Å². The molecule has 1 unspecified atom stereocenters. The predicted octanol–water partition coefficient (Wildman–Crippen LogP) is 2.81. The van der Waals surface area contributed by atoms with Gasteiger partial charge >= 0.3 is 5.97 Å². The fourth-order valence-corrected chi connectivity index (χ4v) is 2.06. The molecule has 0 fully saturated rings. The second-order valence-electron chi connectivity index (χ2n) is 5.57. The van der Waals surface area contributed by atoms with Crippen LogP contribution in [0.25, 0.3) is 0 Å². The lowest BCUT2D eigenvalue weighted by molar-refractivity contribution is -0.152. The van der Waals surface area contributed by atoms with Crippen molar-refractivity contribution in [2.75, 3.05) is 13.7 Å². The highest BCUT2D eigenvalue weighted by molar-refractivity contribution is 6.32. The maximum atomic E-state index is 11.6. The third kappa shape index (κ3) is 4.39. The second kappa shape index (κ2) is 6.95. The van der Waals surface area contributed by atoms with Crippen LogP contribution < -0.4 is 10.5 Å². The molecule has 1 rings (SSSR count). The minimum Gasteiger partial charge on any atom is -0.491 e. The summed E-state index contributed by atoms with van der Waals surface area (Å²) in [7, 11) is 1.36. The number of para-hydroxylation sites is 1. The molecule has 0 saturated heterocycles. The molecule has 0 heterocycles. The number of hydrogen-bond donors (Lipinski definition) is 1. The van der Waals surface area contributed by atoms with Gasteiger partial charge in [0.25, 0.3) is 0 Å². The van der Waals surface area contributed by atoms with Gasteiger partial charge in [-0.1, -0.05) is 23.7 Å². The van der Waals surface area contributed by atoms with Crippen molar-refractivity contribution in [3.05, 3.63) is 28.8 Å². The number of halogens is 1. The number of rotatable bonds is 6. The van der Waals surface area contributed by atoms with Gasteiger partial charge in [0.05, 0.1) is 17.5 Å². The number of benzene rings is 1. The Balaban J connectivity index is 2.89. The van der Waals surface area contributed by atoms with Crippen molar-refractivity contribution in [2.24, 2.45) is 11.1 Å². The van der Waals surface area contributed by atoms with Crippen LogP contribution in [0.1, 0.15) is 26.3 Å². The van der Waals surface area contributed by atoms with E-state index in [1.54, 1.807) is 19.9 Å². The fraction of sp³-hybridized carbons (Fsp3) is 0.533. The molecule has 4 nitrogen and oxygen atoms in total. The van der Waals surface area contributed by atoms with Gasteiger partial charge in [-0.25, -0.2) is 0 Å². The third-order valence-corrected chi connectivity index (χ3v) is 3.20. The van der Waals surface area contributed by atoms with E-state index in [4.69, 9.17) is 26.8 Å². The zero-order valence-corrected chi connectivity index (χ0v) is 13.2. The van der Waals surface area contributed by atoms with Crippen molar-refractivity contribution >= 4 is 17.6 Å². The van der Waals surface area contributed by atoms with Crippen LogP contribution in [0.5, 0.6) is 5.75 Å². The first-order valence-corrected chi connectivity index (χ1v) is 6.90. The Morgan fingerprint density at radius 1 is 1.45 bits per heavy atom. The van der Waals surface area contributed by atoms with Crippen LogP contribution in [0.4, 0.5) is 0 Å². The Bertz CT molecular complexity index is 472. The highest BCUT2D eigenvalue weighted by Gasteiger charge is 2.30. The zero-order valence-electron chi connectivity index (χ0n) is 12.4. The van der Waals surface area contributed by atoms with Crippen molar-refractivity contribution in [3.63, 3.8) is 0 Å². The van der Waals surface area contributed by atoms with E-state index in [9.17, 15) is 4.79 Å². The number of ether oxygens (including phenoxy) is 2. The van der Waals surface area contributed by atoms with E-state index in [1.807, 2.05) is 19.1 Å². The van der Waals surface area contributed by atoms with Gasteiger partial charge in [0.15, 0.2) is 0 Å². The van der Waals surface area contributed by atoms with Crippen LogP contribution in [0.15, 0.2) is 18.2 Å². The monoisotopic (exact) mass is 299 g/mol. The summed E-state index contributed by atoms with van der Waals surface area (Å²) in [6, 6.07) is 5.55. The molecule has 0 amide bonds. The van der Waals surface area contributed by atoms with Crippen LogP contribution in [0.2, 0.25) is 5.02 Å². The van der Waals surface area contributed by atoms with E-state index in [0.29, 0.717) is 17.2 Å². The van der Waals surface area contributed by atoms with Gasteiger partial charge in [-0.15, -0.1) is 0 Å². The van der Waals surface area contributed by atoms with Crippen LogP contribution in [0, 0.1) is 5.41 Å². The molecule has 0 saturated carbocycles. The summed E-state index contributed by atoms with van der Waals surface area (Å²) in [5.41, 5.74) is 6.02. The minimum atomic E-state index is -0.737. The van der Waals surface area contributed by atoms with Crippen molar-refractivity contribution < 1.29 is 14.3 Å². The molecule has 0 radical (unpaired) electrons. The molecule has 0 spiro atoms. The van der Waals surface area contributed by atoms with Crippen molar-refractivity contribution in [1.82, 2.24) is 0 Å². The van der Waals surface area contributed by atoms with Crippen molar-refractivity contribution in [3.8, 4) is 5.75 Å². The normalized spacial score (nSPS) is 12.9. The molecule has 112 valence electrons. The van der Waals surface area contributed by atoms with Gasteiger partial charge in [-0.05, 0) is 38.8 Å². The highest BCUT2D eigenvalue weighted by atomic mass is 35.5. The lowest BCUT2D eigenvalue weighted by atomic mass is 9.95. The summed E-state index contributed by atoms with van der Waals surface area (Å²) in [6.45, 7) is 5.64. The largest absolute Gasteiger partial charge is 0.491 e. The molecule has 1 aromatic carbocycles.